The van der Waals surface area contributed by atoms with Crippen LogP contribution in [0.3, 0.4) is 0 Å². The summed E-state index contributed by atoms with van der Waals surface area (Å²) in [6.45, 7) is 4.05. The van der Waals surface area contributed by atoms with Crippen molar-refractivity contribution in [1.29, 1.82) is 0 Å². The van der Waals surface area contributed by atoms with Crippen molar-refractivity contribution in [3.8, 4) is 5.75 Å². The van der Waals surface area contributed by atoms with Crippen molar-refractivity contribution in [2.45, 2.75) is 58.2 Å². The molecule has 1 aliphatic carbocycles. The second-order valence-corrected chi connectivity index (χ2v) is 6.44. The molecule has 1 saturated carbocycles. The van der Waals surface area contributed by atoms with E-state index in [1.54, 1.807) is 6.92 Å². The van der Waals surface area contributed by atoms with Gasteiger partial charge in [0.1, 0.15) is 5.75 Å². The number of benzene rings is 1. The highest BCUT2D eigenvalue weighted by molar-refractivity contribution is 9.10. The molecule has 1 aromatic rings. The summed E-state index contributed by atoms with van der Waals surface area (Å²) in [5.41, 5.74) is 0.876. The van der Waals surface area contributed by atoms with E-state index < -0.39 is 6.10 Å². The van der Waals surface area contributed by atoms with Gasteiger partial charge in [-0.15, -0.1) is 0 Å². The molecule has 19 heavy (non-hydrogen) atoms. The Bertz CT molecular complexity index is 409. The molecule has 3 heteroatoms. The average molecular weight is 327 g/mol. The zero-order valence-electron chi connectivity index (χ0n) is 11.7. The molecule has 0 spiro atoms. The molecule has 0 amide bonds. The van der Waals surface area contributed by atoms with Crippen LogP contribution < -0.4 is 4.74 Å². The number of aliphatic hydroxyl groups excluding tert-OH is 1. The van der Waals surface area contributed by atoms with Gasteiger partial charge in [0, 0.05) is 10.0 Å². The normalized spacial score (nSPS) is 25.1. The quantitative estimate of drug-likeness (QED) is 0.856. The molecule has 0 bridgehead atoms. The van der Waals surface area contributed by atoms with Gasteiger partial charge in [-0.1, -0.05) is 35.3 Å². The van der Waals surface area contributed by atoms with Gasteiger partial charge in [0.25, 0.3) is 0 Å². The third kappa shape index (κ3) is 3.96. The highest BCUT2D eigenvalue weighted by Gasteiger charge is 2.22. The second-order valence-electron chi connectivity index (χ2n) is 5.53. The molecular formula is C16H23BrO2. The number of rotatable bonds is 4. The molecule has 1 atom stereocenters. The van der Waals surface area contributed by atoms with Crippen molar-refractivity contribution in [2.75, 3.05) is 0 Å². The van der Waals surface area contributed by atoms with Crippen molar-refractivity contribution >= 4 is 15.9 Å². The summed E-state index contributed by atoms with van der Waals surface area (Å²) in [7, 11) is 0. The third-order valence-electron chi connectivity index (χ3n) is 4.09. The summed E-state index contributed by atoms with van der Waals surface area (Å²) in [5.74, 6) is 1.70. The highest BCUT2D eigenvalue weighted by atomic mass is 79.9. The zero-order valence-corrected chi connectivity index (χ0v) is 13.3. The Morgan fingerprint density at radius 1 is 1.32 bits per heavy atom. The van der Waals surface area contributed by atoms with Crippen LogP contribution in [0.15, 0.2) is 22.7 Å². The molecular weight excluding hydrogens is 304 g/mol. The first-order chi connectivity index (χ1) is 9.10. The van der Waals surface area contributed by atoms with Gasteiger partial charge < -0.3 is 9.84 Å². The lowest BCUT2D eigenvalue weighted by Gasteiger charge is -2.29. The zero-order chi connectivity index (χ0) is 13.8. The first kappa shape index (κ1) is 14.9. The molecule has 1 aliphatic rings. The molecule has 0 saturated heterocycles. The van der Waals surface area contributed by atoms with E-state index in [-0.39, 0.29) is 0 Å². The van der Waals surface area contributed by atoms with Crippen LogP contribution in [0.2, 0.25) is 0 Å². The fourth-order valence-corrected chi connectivity index (χ4v) is 3.13. The van der Waals surface area contributed by atoms with Crippen LogP contribution in [-0.4, -0.2) is 11.2 Å². The number of hydrogen-bond acceptors (Lipinski definition) is 2. The summed E-state index contributed by atoms with van der Waals surface area (Å²) in [4.78, 5) is 0. The molecule has 0 heterocycles. The minimum atomic E-state index is -0.491. The first-order valence-electron chi connectivity index (χ1n) is 7.24. The Hall–Kier alpha value is -0.540. The van der Waals surface area contributed by atoms with Crippen LogP contribution in [0.25, 0.3) is 0 Å². The van der Waals surface area contributed by atoms with Crippen LogP contribution in [0.4, 0.5) is 0 Å². The van der Waals surface area contributed by atoms with Gasteiger partial charge in [-0.25, -0.2) is 0 Å². The predicted molar refractivity (Wildman–Crippen MR) is 81.4 cm³/mol. The lowest BCUT2D eigenvalue weighted by atomic mass is 9.86. The Morgan fingerprint density at radius 3 is 2.58 bits per heavy atom. The van der Waals surface area contributed by atoms with E-state index in [1.807, 2.05) is 18.2 Å². The highest BCUT2D eigenvalue weighted by Crippen LogP contribution is 2.33. The van der Waals surface area contributed by atoms with E-state index in [0.29, 0.717) is 6.10 Å². The van der Waals surface area contributed by atoms with E-state index in [0.717, 1.165) is 34.5 Å². The maximum absolute atomic E-state index is 9.81. The fourth-order valence-electron chi connectivity index (χ4n) is 2.79. The summed E-state index contributed by atoms with van der Waals surface area (Å²) in [6, 6.07) is 5.85. The minimum Gasteiger partial charge on any atom is -0.490 e. The van der Waals surface area contributed by atoms with Crippen LogP contribution in [0, 0.1) is 5.92 Å². The Kier molecular flexibility index (Phi) is 5.28. The van der Waals surface area contributed by atoms with E-state index >= 15 is 0 Å². The Balaban J connectivity index is 2.04. The Labute approximate surface area is 124 Å². The van der Waals surface area contributed by atoms with Crippen molar-refractivity contribution in [1.82, 2.24) is 0 Å². The van der Waals surface area contributed by atoms with Crippen LogP contribution in [-0.2, 0) is 0 Å². The molecule has 1 N–H and O–H groups in total. The average Bonchev–Trinajstić information content (AvgIpc) is 2.39. The Morgan fingerprint density at radius 2 is 2.00 bits per heavy atom. The molecule has 1 fully saturated rings. The van der Waals surface area contributed by atoms with Gasteiger partial charge in [-0.05, 0) is 50.7 Å². The first-order valence-corrected chi connectivity index (χ1v) is 8.03. The van der Waals surface area contributed by atoms with Crippen LogP contribution in [0.5, 0.6) is 5.75 Å². The molecule has 1 aromatic carbocycles. The van der Waals surface area contributed by atoms with Crippen molar-refractivity contribution < 1.29 is 9.84 Å². The number of ether oxygens (including phenoxy) is 1. The van der Waals surface area contributed by atoms with E-state index in [1.165, 1.54) is 19.3 Å². The smallest absolute Gasteiger partial charge is 0.126 e. The standard InChI is InChI=1S/C16H23BrO2/c1-3-12-4-7-14(8-5-12)19-16-10-13(17)6-9-15(16)11(2)18/h6,9-12,14,18H,3-5,7-8H2,1-2H3/t11-,12?,14?/m0/s1. The topological polar surface area (TPSA) is 29.5 Å². The van der Waals surface area contributed by atoms with Gasteiger partial charge in [0.2, 0.25) is 0 Å². The molecule has 0 aliphatic heterocycles. The molecule has 0 aromatic heterocycles. The maximum Gasteiger partial charge on any atom is 0.126 e. The summed E-state index contributed by atoms with van der Waals surface area (Å²) >= 11 is 3.47. The van der Waals surface area contributed by atoms with Crippen LogP contribution >= 0.6 is 15.9 Å². The largest absolute Gasteiger partial charge is 0.490 e. The minimum absolute atomic E-state index is 0.301. The lowest BCUT2D eigenvalue weighted by Crippen LogP contribution is -2.24. The second kappa shape index (κ2) is 6.76. The van der Waals surface area contributed by atoms with Gasteiger partial charge in [0.15, 0.2) is 0 Å². The van der Waals surface area contributed by atoms with E-state index in [2.05, 4.69) is 22.9 Å². The summed E-state index contributed by atoms with van der Waals surface area (Å²) in [5, 5.41) is 9.81. The van der Waals surface area contributed by atoms with Gasteiger partial charge in [0.05, 0.1) is 12.2 Å². The monoisotopic (exact) mass is 326 g/mol. The SMILES string of the molecule is CCC1CCC(Oc2cc(Br)ccc2[C@H](C)O)CC1. The molecule has 106 valence electrons. The molecule has 0 radical (unpaired) electrons. The third-order valence-corrected chi connectivity index (χ3v) is 4.58. The molecule has 2 nitrogen and oxygen atoms in total. The van der Waals surface area contributed by atoms with Gasteiger partial charge in [-0.3, -0.25) is 0 Å². The number of halogens is 1. The van der Waals surface area contributed by atoms with Gasteiger partial charge >= 0.3 is 0 Å². The molecule has 2 rings (SSSR count). The van der Waals surface area contributed by atoms with Gasteiger partial charge in [-0.2, -0.15) is 0 Å². The summed E-state index contributed by atoms with van der Waals surface area (Å²) < 4.78 is 7.13. The van der Waals surface area contributed by atoms with Crippen molar-refractivity contribution in [3.05, 3.63) is 28.2 Å². The van der Waals surface area contributed by atoms with E-state index in [4.69, 9.17) is 4.74 Å². The fraction of sp³-hybridized carbons (Fsp3) is 0.625. The lowest BCUT2D eigenvalue weighted by molar-refractivity contribution is 0.122. The number of hydrogen-bond donors (Lipinski definition) is 1. The predicted octanol–water partition coefficient (Wildman–Crippen LogP) is 4.85. The molecule has 0 unspecified atom stereocenters. The van der Waals surface area contributed by atoms with Crippen molar-refractivity contribution in [2.24, 2.45) is 5.92 Å². The summed E-state index contributed by atoms with van der Waals surface area (Å²) in [6.07, 6.45) is 5.87. The van der Waals surface area contributed by atoms with Crippen molar-refractivity contribution in [3.63, 3.8) is 0 Å². The van der Waals surface area contributed by atoms with Crippen LogP contribution in [0.1, 0.15) is 57.6 Å². The van der Waals surface area contributed by atoms with E-state index in [9.17, 15) is 5.11 Å². The maximum atomic E-state index is 9.81. The number of aliphatic hydroxyl groups is 1.